The lowest BCUT2D eigenvalue weighted by molar-refractivity contribution is 0.0995. The molecule has 0 radical (unpaired) electrons. The number of rotatable bonds is 4. The van der Waals surface area contributed by atoms with Crippen LogP contribution in [0.4, 0.5) is 11.5 Å². The van der Waals surface area contributed by atoms with Gasteiger partial charge in [-0.3, -0.25) is 4.79 Å². The van der Waals surface area contributed by atoms with Crippen LogP contribution >= 0.6 is 0 Å². The Morgan fingerprint density at radius 2 is 2.24 bits per heavy atom. The van der Waals surface area contributed by atoms with Gasteiger partial charge in [0.15, 0.2) is 11.5 Å². The topological polar surface area (TPSA) is 103 Å². The highest BCUT2D eigenvalue weighted by Gasteiger charge is 2.21. The van der Waals surface area contributed by atoms with Crippen molar-refractivity contribution in [3.63, 3.8) is 0 Å². The summed E-state index contributed by atoms with van der Waals surface area (Å²) in [4.78, 5) is 15.4. The van der Waals surface area contributed by atoms with E-state index in [4.69, 9.17) is 10.5 Å². The van der Waals surface area contributed by atoms with Crippen LogP contribution in [0.3, 0.4) is 0 Å². The number of hydrogen-bond donors (Lipinski definition) is 2. The number of anilines is 2. The summed E-state index contributed by atoms with van der Waals surface area (Å²) < 4.78 is 5.72. The summed E-state index contributed by atoms with van der Waals surface area (Å²) in [5.74, 6) is -0.379. The standard InChI is InChI=1S/C14H15N5O2/c15-13(20)12-14(16-8-17-19-12)18-10-5-2-1-4-9(10)11-6-3-7-21-11/h1-2,4-5,8,11H,3,6-7H2,(H2,15,20)(H,16,17,18). The fourth-order valence-corrected chi connectivity index (χ4v) is 2.38. The molecule has 1 aliphatic heterocycles. The Morgan fingerprint density at radius 1 is 1.38 bits per heavy atom. The van der Waals surface area contributed by atoms with Gasteiger partial charge in [0.2, 0.25) is 0 Å². The molecule has 1 aromatic carbocycles. The fourth-order valence-electron chi connectivity index (χ4n) is 2.38. The Balaban J connectivity index is 1.93. The molecule has 108 valence electrons. The largest absolute Gasteiger partial charge is 0.373 e. The van der Waals surface area contributed by atoms with Crippen LogP contribution in [-0.2, 0) is 4.74 Å². The van der Waals surface area contributed by atoms with Gasteiger partial charge >= 0.3 is 0 Å². The van der Waals surface area contributed by atoms with E-state index in [1.807, 2.05) is 24.3 Å². The summed E-state index contributed by atoms with van der Waals surface area (Å²) in [5.41, 5.74) is 7.15. The third kappa shape index (κ3) is 2.82. The molecular weight excluding hydrogens is 270 g/mol. The van der Waals surface area contributed by atoms with Crippen molar-refractivity contribution >= 4 is 17.4 Å². The maximum atomic E-state index is 11.4. The SMILES string of the molecule is NC(=O)c1nncnc1Nc1ccccc1C1CCCO1. The zero-order valence-corrected chi connectivity index (χ0v) is 11.3. The molecule has 2 aromatic rings. The van der Waals surface area contributed by atoms with E-state index < -0.39 is 5.91 Å². The van der Waals surface area contributed by atoms with Crippen LogP contribution in [0, 0.1) is 0 Å². The Bertz CT molecular complexity index is 655. The van der Waals surface area contributed by atoms with Crippen molar-refractivity contribution in [1.29, 1.82) is 0 Å². The van der Waals surface area contributed by atoms with E-state index >= 15 is 0 Å². The molecule has 0 aliphatic carbocycles. The Labute approximate surface area is 121 Å². The monoisotopic (exact) mass is 285 g/mol. The minimum Gasteiger partial charge on any atom is -0.373 e. The average molecular weight is 285 g/mol. The highest BCUT2D eigenvalue weighted by Crippen LogP contribution is 2.34. The first-order valence-electron chi connectivity index (χ1n) is 6.71. The second-order valence-corrected chi connectivity index (χ2v) is 4.74. The van der Waals surface area contributed by atoms with Crippen LogP contribution in [0.25, 0.3) is 0 Å². The van der Waals surface area contributed by atoms with Gasteiger partial charge in [0.1, 0.15) is 6.33 Å². The van der Waals surface area contributed by atoms with E-state index in [0.29, 0.717) is 5.82 Å². The van der Waals surface area contributed by atoms with Crippen molar-refractivity contribution in [1.82, 2.24) is 15.2 Å². The molecule has 1 aromatic heterocycles. The molecule has 0 spiro atoms. The molecule has 3 N–H and O–H groups in total. The minimum atomic E-state index is -0.673. The van der Waals surface area contributed by atoms with Crippen LogP contribution in [-0.4, -0.2) is 27.7 Å². The van der Waals surface area contributed by atoms with Gasteiger partial charge < -0.3 is 15.8 Å². The van der Waals surface area contributed by atoms with Gasteiger partial charge in [-0.25, -0.2) is 4.98 Å². The van der Waals surface area contributed by atoms with Crippen molar-refractivity contribution < 1.29 is 9.53 Å². The molecule has 1 unspecified atom stereocenters. The number of carbonyl (C=O) groups excluding carboxylic acids is 1. The number of nitrogens with zero attached hydrogens (tertiary/aromatic N) is 3. The lowest BCUT2D eigenvalue weighted by atomic mass is 10.0. The average Bonchev–Trinajstić information content (AvgIpc) is 3.02. The van der Waals surface area contributed by atoms with E-state index in [2.05, 4.69) is 20.5 Å². The summed E-state index contributed by atoms with van der Waals surface area (Å²) in [6, 6.07) is 7.76. The molecule has 1 saturated heterocycles. The number of primary amides is 1. The smallest absolute Gasteiger partial charge is 0.273 e. The van der Waals surface area contributed by atoms with Gasteiger partial charge in [0.25, 0.3) is 5.91 Å². The summed E-state index contributed by atoms with van der Waals surface area (Å²) in [6.45, 7) is 0.764. The lowest BCUT2D eigenvalue weighted by Crippen LogP contribution is -2.17. The van der Waals surface area contributed by atoms with E-state index in [9.17, 15) is 4.79 Å². The second-order valence-electron chi connectivity index (χ2n) is 4.74. The summed E-state index contributed by atoms with van der Waals surface area (Å²) in [5, 5.41) is 10.4. The number of hydrogen-bond acceptors (Lipinski definition) is 6. The molecule has 3 rings (SSSR count). The number of aromatic nitrogens is 3. The predicted octanol–water partition coefficient (Wildman–Crippen LogP) is 1.57. The van der Waals surface area contributed by atoms with E-state index in [0.717, 1.165) is 30.7 Å². The number of benzene rings is 1. The molecule has 1 amide bonds. The molecule has 7 heteroatoms. The van der Waals surface area contributed by atoms with Gasteiger partial charge in [-0.15, -0.1) is 10.2 Å². The van der Waals surface area contributed by atoms with Crippen LogP contribution < -0.4 is 11.1 Å². The first-order valence-corrected chi connectivity index (χ1v) is 6.71. The molecule has 1 aliphatic rings. The van der Waals surface area contributed by atoms with Crippen molar-refractivity contribution in [3.05, 3.63) is 41.9 Å². The van der Waals surface area contributed by atoms with Gasteiger partial charge in [-0.05, 0) is 18.9 Å². The maximum absolute atomic E-state index is 11.4. The quantitative estimate of drug-likeness (QED) is 0.883. The highest BCUT2D eigenvalue weighted by atomic mass is 16.5. The van der Waals surface area contributed by atoms with E-state index in [-0.39, 0.29) is 11.8 Å². The van der Waals surface area contributed by atoms with Crippen LogP contribution in [0.2, 0.25) is 0 Å². The summed E-state index contributed by atoms with van der Waals surface area (Å²) in [7, 11) is 0. The van der Waals surface area contributed by atoms with Crippen molar-refractivity contribution in [2.45, 2.75) is 18.9 Å². The summed E-state index contributed by atoms with van der Waals surface area (Å²) >= 11 is 0. The molecule has 0 saturated carbocycles. The Morgan fingerprint density at radius 3 is 3.00 bits per heavy atom. The van der Waals surface area contributed by atoms with Gasteiger partial charge in [-0.2, -0.15) is 0 Å². The number of para-hydroxylation sites is 1. The van der Waals surface area contributed by atoms with E-state index in [1.54, 1.807) is 0 Å². The van der Waals surface area contributed by atoms with Gasteiger partial charge in [-0.1, -0.05) is 18.2 Å². The van der Waals surface area contributed by atoms with Crippen molar-refractivity contribution in [2.24, 2.45) is 5.73 Å². The normalized spacial score (nSPS) is 17.6. The molecule has 7 nitrogen and oxygen atoms in total. The zero-order chi connectivity index (χ0) is 14.7. The number of ether oxygens (including phenoxy) is 1. The van der Waals surface area contributed by atoms with Crippen LogP contribution in [0.15, 0.2) is 30.6 Å². The zero-order valence-electron chi connectivity index (χ0n) is 11.3. The Hall–Kier alpha value is -2.54. The van der Waals surface area contributed by atoms with Crippen molar-refractivity contribution in [2.75, 3.05) is 11.9 Å². The van der Waals surface area contributed by atoms with Gasteiger partial charge in [0, 0.05) is 17.9 Å². The number of nitrogens with two attached hydrogens (primary N) is 1. The fraction of sp³-hybridized carbons (Fsp3) is 0.286. The molecular formula is C14H15N5O2. The minimum absolute atomic E-state index is 0.0136. The second kappa shape index (κ2) is 5.84. The lowest BCUT2D eigenvalue weighted by Gasteiger charge is -2.16. The van der Waals surface area contributed by atoms with Gasteiger partial charge in [0.05, 0.1) is 6.10 Å². The maximum Gasteiger partial charge on any atom is 0.273 e. The third-order valence-electron chi connectivity index (χ3n) is 3.34. The molecule has 1 fully saturated rings. The molecule has 1 atom stereocenters. The molecule has 21 heavy (non-hydrogen) atoms. The third-order valence-corrected chi connectivity index (χ3v) is 3.34. The summed E-state index contributed by atoms with van der Waals surface area (Å²) in [6.07, 6.45) is 3.34. The Kier molecular flexibility index (Phi) is 3.74. The van der Waals surface area contributed by atoms with Crippen LogP contribution in [0.5, 0.6) is 0 Å². The first-order chi connectivity index (χ1) is 10.3. The highest BCUT2D eigenvalue weighted by molar-refractivity contribution is 5.96. The number of amides is 1. The number of carbonyl (C=O) groups is 1. The van der Waals surface area contributed by atoms with E-state index in [1.165, 1.54) is 6.33 Å². The predicted molar refractivity (Wildman–Crippen MR) is 76.0 cm³/mol. The number of nitrogens with one attached hydrogen (secondary N) is 1. The van der Waals surface area contributed by atoms with Crippen molar-refractivity contribution in [3.8, 4) is 0 Å². The molecule has 2 heterocycles. The first kappa shape index (κ1) is 13.4. The van der Waals surface area contributed by atoms with Crippen LogP contribution in [0.1, 0.15) is 35.0 Å². The molecule has 0 bridgehead atoms.